The maximum absolute atomic E-state index is 14.2. The Morgan fingerprint density at radius 1 is 1.23 bits per heavy atom. The molecule has 6 nitrogen and oxygen atoms in total. The molecular formula is C23H15ClFNO5. The lowest BCUT2D eigenvalue weighted by molar-refractivity contribution is -0.137. The summed E-state index contributed by atoms with van der Waals surface area (Å²) in [5, 5.41) is 20.1. The fourth-order valence-electron chi connectivity index (χ4n) is 3.52. The van der Waals surface area contributed by atoms with Crippen LogP contribution in [0.1, 0.15) is 39.4 Å². The van der Waals surface area contributed by atoms with Gasteiger partial charge < -0.3 is 14.9 Å². The predicted molar refractivity (Wildman–Crippen MR) is 111 cm³/mol. The van der Waals surface area contributed by atoms with Crippen LogP contribution in [0.4, 0.5) is 4.39 Å². The molecule has 1 atom stereocenters. The predicted octanol–water partition coefficient (Wildman–Crippen LogP) is 4.80. The molecule has 0 saturated carbocycles. The number of benzene rings is 2. The van der Waals surface area contributed by atoms with Gasteiger partial charge in [-0.05, 0) is 42.0 Å². The second-order valence-electron chi connectivity index (χ2n) is 6.89. The lowest BCUT2D eigenvalue weighted by atomic mass is 9.87. The number of ether oxygens (including phenoxy) is 1. The maximum Gasteiger partial charge on any atom is 0.304 e. The number of carbonyl (C=O) groups is 2. The molecule has 0 spiro atoms. The molecule has 0 bridgehead atoms. The van der Waals surface area contributed by atoms with E-state index in [0.717, 1.165) is 0 Å². The third-order valence-corrected chi connectivity index (χ3v) is 5.27. The summed E-state index contributed by atoms with van der Waals surface area (Å²) >= 11 is 6.05. The fourth-order valence-corrected chi connectivity index (χ4v) is 3.74. The molecule has 1 unspecified atom stereocenters. The standard InChI is InChI=1S/C23H15ClFNO5/c24-16-4-1-5-17(25)15(16)9-19-22(30)13-6-7-18(27)21(23(13)31-19)14(10-20(28)29)12-3-2-8-26-11-12/h1-9,11,14,27H,10H2,(H,28,29). The number of carbonyl (C=O) groups excluding carboxylic acids is 1. The van der Waals surface area contributed by atoms with E-state index in [9.17, 15) is 24.2 Å². The number of hydrogen-bond donors (Lipinski definition) is 2. The molecule has 1 aliphatic heterocycles. The highest BCUT2D eigenvalue weighted by molar-refractivity contribution is 6.32. The third kappa shape index (κ3) is 3.87. The number of carboxylic acids is 1. The summed E-state index contributed by atoms with van der Waals surface area (Å²) in [5.74, 6) is -3.49. The van der Waals surface area contributed by atoms with E-state index in [2.05, 4.69) is 4.98 Å². The number of hydrogen-bond acceptors (Lipinski definition) is 5. The number of aromatic nitrogens is 1. The summed E-state index contributed by atoms with van der Waals surface area (Å²) in [4.78, 5) is 28.5. The molecule has 0 fully saturated rings. The van der Waals surface area contributed by atoms with Crippen molar-refractivity contribution >= 4 is 29.4 Å². The van der Waals surface area contributed by atoms with E-state index in [1.54, 1.807) is 12.1 Å². The van der Waals surface area contributed by atoms with Crippen molar-refractivity contribution in [2.45, 2.75) is 12.3 Å². The minimum atomic E-state index is -1.11. The Balaban J connectivity index is 1.85. The summed E-state index contributed by atoms with van der Waals surface area (Å²) in [7, 11) is 0. The number of allylic oxidation sites excluding steroid dienone is 1. The number of halogens is 2. The molecule has 156 valence electrons. The Kier molecular flexibility index (Phi) is 5.44. The molecule has 1 aromatic heterocycles. The highest BCUT2D eigenvalue weighted by Crippen LogP contribution is 2.46. The second-order valence-corrected chi connectivity index (χ2v) is 7.29. The van der Waals surface area contributed by atoms with Gasteiger partial charge in [0.1, 0.15) is 17.3 Å². The van der Waals surface area contributed by atoms with Crippen LogP contribution in [-0.4, -0.2) is 26.9 Å². The number of Topliss-reactive ketones (excluding diaryl/α,β-unsaturated/α-hetero) is 1. The normalized spacial score (nSPS) is 14.9. The Morgan fingerprint density at radius 2 is 2.03 bits per heavy atom. The third-order valence-electron chi connectivity index (χ3n) is 4.94. The monoisotopic (exact) mass is 439 g/mol. The first-order valence-corrected chi connectivity index (χ1v) is 9.60. The van der Waals surface area contributed by atoms with E-state index in [1.807, 2.05) is 0 Å². The Hall–Kier alpha value is -3.71. The van der Waals surface area contributed by atoms with Gasteiger partial charge in [-0.2, -0.15) is 0 Å². The quantitative estimate of drug-likeness (QED) is 0.554. The number of nitrogens with zero attached hydrogens (tertiary/aromatic N) is 1. The van der Waals surface area contributed by atoms with Gasteiger partial charge in [0.05, 0.1) is 17.0 Å². The molecule has 4 rings (SSSR count). The van der Waals surface area contributed by atoms with Crippen LogP contribution in [0.25, 0.3) is 6.08 Å². The van der Waals surface area contributed by atoms with E-state index in [0.29, 0.717) is 5.56 Å². The Bertz CT molecular complexity index is 1210. The van der Waals surface area contributed by atoms with E-state index in [1.165, 1.54) is 48.8 Å². The van der Waals surface area contributed by atoms with Gasteiger partial charge >= 0.3 is 5.97 Å². The summed E-state index contributed by atoms with van der Waals surface area (Å²) in [6.07, 6.45) is 3.84. The first-order chi connectivity index (χ1) is 14.9. The highest BCUT2D eigenvalue weighted by Gasteiger charge is 2.35. The summed E-state index contributed by atoms with van der Waals surface area (Å²) in [6.45, 7) is 0. The van der Waals surface area contributed by atoms with Crippen LogP contribution in [0.15, 0.2) is 60.6 Å². The molecule has 0 aliphatic carbocycles. The molecule has 0 saturated heterocycles. The van der Waals surface area contributed by atoms with Crippen molar-refractivity contribution in [2.24, 2.45) is 0 Å². The van der Waals surface area contributed by atoms with Crippen molar-refractivity contribution < 1.29 is 28.9 Å². The number of aromatic hydroxyl groups is 1. The summed E-state index contributed by atoms with van der Waals surface area (Å²) in [6, 6.07) is 10.1. The molecule has 8 heteroatoms. The first kappa shape index (κ1) is 20.6. The molecule has 0 radical (unpaired) electrons. The molecule has 2 aromatic carbocycles. The van der Waals surface area contributed by atoms with Gasteiger partial charge in [0, 0.05) is 29.4 Å². The van der Waals surface area contributed by atoms with Gasteiger partial charge in [0.25, 0.3) is 0 Å². The molecule has 1 aliphatic rings. The lowest BCUT2D eigenvalue weighted by Gasteiger charge is -2.19. The van der Waals surface area contributed by atoms with Gasteiger partial charge in [0.2, 0.25) is 5.78 Å². The van der Waals surface area contributed by atoms with Crippen LogP contribution in [0.2, 0.25) is 5.02 Å². The van der Waals surface area contributed by atoms with Crippen molar-refractivity contribution in [1.29, 1.82) is 0 Å². The van der Waals surface area contributed by atoms with E-state index in [-0.39, 0.29) is 45.4 Å². The highest BCUT2D eigenvalue weighted by atomic mass is 35.5. The van der Waals surface area contributed by atoms with Crippen LogP contribution < -0.4 is 4.74 Å². The number of fused-ring (bicyclic) bond motifs is 1. The molecule has 31 heavy (non-hydrogen) atoms. The first-order valence-electron chi connectivity index (χ1n) is 9.22. The number of ketones is 1. The van der Waals surface area contributed by atoms with Crippen LogP contribution >= 0.6 is 11.6 Å². The lowest BCUT2D eigenvalue weighted by Crippen LogP contribution is -2.10. The maximum atomic E-state index is 14.2. The van der Waals surface area contributed by atoms with Crippen molar-refractivity contribution in [3.63, 3.8) is 0 Å². The zero-order valence-corrected chi connectivity index (χ0v) is 16.6. The number of phenolic OH excluding ortho intramolecular Hbond substituents is 1. The minimum absolute atomic E-state index is 0.0135. The van der Waals surface area contributed by atoms with Gasteiger partial charge in [-0.1, -0.05) is 23.7 Å². The number of phenols is 1. The minimum Gasteiger partial charge on any atom is -0.508 e. The van der Waals surface area contributed by atoms with E-state index >= 15 is 0 Å². The van der Waals surface area contributed by atoms with Crippen molar-refractivity contribution in [1.82, 2.24) is 4.98 Å². The van der Waals surface area contributed by atoms with E-state index in [4.69, 9.17) is 16.3 Å². The summed E-state index contributed by atoms with van der Waals surface area (Å²) < 4.78 is 19.9. The van der Waals surface area contributed by atoms with Crippen LogP contribution in [0, 0.1) is 5.82 Å². The Morgan fingerprint density at radius 3 is 2.71 bits per heavy atom. The van der Waals surface area contributed by atoms with Gasteiger partial charge in [-0.25, -0.2) is 4.39 Å². The van der Waals surface area contributed by atoms with Crippen LogP contribution in [0.5, 0.6) is 11.5 Å². The van der Waals surface area contributed by atoms with Crippen molar-refractivity contribution in [3.05, 3.63) is 93.7 Å². The van der Waals surface area contributed by atoms with Crippen molar-refractivity contribution in [3.8, 4) is 11.5 Å². The molecule has 0 amide bonds. The largest absolute Gasteiger partial charge is 0.508 e. The zero-order valence-electron chi connectivity index (χ0n) is 15.9. The number of rotatable bonds is 5. The average molecular weight is 440 g/mol. The number of pyridine rings is 1. The van der Waals surface area contributed by atoms with Crippen LogP contribution in [0.3, 0.4) is 0 Å². The SMILES string of the molecule is O=C(O)CC(c1cccnc1)c1c(O)ccc2c1OC(=Cc1c(F)cccc1Cl)C2=O. The Labute approximate surface area is 181 Å². The van der Waals surface area contributed by atoms with Crippen LogP contribution in [-0.2, 0) is 4.79 Å². The number of aliphatic carboxylic acids is 1. The average Bonchev–Trinajstić information content (AvgIpc) is 3.05. The fraction of sp³-hybridized carbons (Fsp3) is 0.0870. The van der Waals surface area contributed by atoms with Gasteiger partial charge in [-0.3, -0.25) is 14.6 Å². The number of carboxylic acid groups (broad SMARTS) is 1. The molecule has 2 heterocycles. The van der Waals surface area contributed by atoms with E-state index < -0.39 is 23.5 Å². The van der Waals surface area contributed by atoms with Gasteiger partial charge in [-0.15, -0.1) is 0 Å². The topological polar surface area (TPSA) is 96.7 Å². The molecular weight excluding hydrogens is 425 g/mol. The smallest absolute Gasteiger partial charge is 0.304 e. The molecule has 2 N–H and O–H groups in total. The molecule has 3 aromatic rings. The zero-order chi connectivity index (χ0) is 22.1. The van der Waals surface area contributed by atoms with Gasteiger partial charge in [0.15, 0.2) is 5.76 Å². The second kappa shape index (κ2) is 8.20. The summed E-state index contributed by atoms with van der Waals surface area (Å²) in [5.41, 5.74) is 0.787. The van der Waals surface area contributed by atoms with Crippen molar-refractivity contribution in [2.75, 3.05) is 0 Å².